The Labute approximate surface area is 174 Å². The van der Waals surface area contributed by atoms with Crippen molar-refractivity contribution in [3.05, 3.63) is 62.5 Å². The van der Waals surface area contributed by atoms with E-state index in [1.807, 2.05) is 0 Å². The van der Waals surface area contributed by atoms with Crippen LogP contribution in [0, 0.1) is 10.1 Å². The molecule has 1 aliphatic heterocycles. The van der Waals surface area contributed by atoms with Crippen LogP contribution < -0.4 is 5.32 Å². The van der Waals surface area contributed by atoms with Crippen LogP contribution in [-0.2, 0) is 14.3 Å². The number of ether oxygens (including phenoxy) is 1. The van der Waals surface area contributed by atoms with Crippen molar-refractivity contribution in [3.63, 3.8) is 0 Å². The van der Waals surface area contributed by atoms with Gasteiger partial charge in [0.05, 0.1) is 22.0 Å². The summed E-state index contributed by atoms with van der Waals surface area (Å²) in [6.45, 7) is 6.56. The highest BCUT2D eigenvalue weighted by Crippen LogP contribution is 2.40. The molecule has 0 amide bonds. The zero-order chi connectivity index (χ0) is 22.6. The highest BCUT2D eigenvalue weighted by Gasteiger charge is 2.39. The fourth-order valence-electron chi connectivity index (χ4n) is 3.56. The number of aliphatic carboxylic acids is 1. The lowest BCUT2D eigenvalue weighted by Gasteiger charge is -2.32. The standard InChI is InChI=1S/C21H26N2O7/c1-12-16(19(25)26)18(14-7-5-8-15(11-14)23(28)29)17(13(2)22-12)20(27)30-21(3,4)9-6-10-24/h5,7-8,11,18,22,24H,6,9-10H2,1-4H3,(H,25,26). The number of esters is 1. The van der Waals surface area contributed by atoms with Crippen LogP contribution in [0.25, 0.3) is 0 Å². The third-order valence-corrected chi connectivity index (χ3v) is 4.93. The number of benzene rings is 1. The second-order valence-corrected chi connectivity index (χ2v) is 7.77. The van der Waals surface area contributed by atoms with Gasteiger partial charge in [-0.15, -0.1) is 0 Å². The molecule has 0 radical (unpaired) electrons. The number of carbonyl (C=O) groups excluding carboxylic acids is 1. The molecule has 0 aliphatic carbocycles. The summed E-state index contributed by atoms with van der Waals surface area (Å²) in [5.74, 6) is -3.00. The molecule has 30 heavy (non-hydrogen) atoms. The fourth-order valence-corrected chi connectivity index (χ4v) is 3.56. The Hall–Kier alpha value is -3.20. The van der Waals surface area contributed by atoms with E-state index in [4.69, 9.17) is 9.84 Å². The number of rotatable bonds is 8. The van der Waals surface area contributed by atoms with Crippen molar-refractivity contribution in [3.8, 4) is 0 Å². The van der Waals surface area contributed by atoms with Gasteiger partial charge in [-0.2, -0.15) is 0 Å². The average molecular weight is 418 g/mol. The predicted octanol–water partition coefficient (Wildman–Crippen LogP) is 3.01. The summed E-state index contributed by atoms with van der Waals surface area (Å²) >= 11 is 0. The van der Waals surface area contributed by atoms with E-state index in [1.54, 1.807) is 33.8 Å². The van der Waals surface area contributed by atoms with Crippen LogP contribution in [0.4, 0.5) is 5.69 Å². The van der Waals surface area contributed by atoms with Gasteiger partial charge >= 0.3 is 11.9 Å². The van der Waals surface area contributed by atoms with Gasteiger partial charge in [0.2, 0.25) is 0 Å². The Balaban J connectivity index is 2.57. The van der Waals surface area contributed by atoms with E-state index >= 15 is 0 Å². The van der Waals surface area contributed by atoms with Crippen molar-refractivity contribution >= 4 is 17.6 Å². The Bertz CT molecular complexity index is 931. The lowest BCUT2D eigenvalue weighted by atomic mass is 9.80. The molecule has 1 unspecified atom stereocenters. The molecule has 0 saturated carbocycles. The number of hydrogen-bond donors (Lipinski definition) is 3. The molecule has 3 N–H and O–H groups in total. The summed E-state index contributed by atoms with van der Waals surface area (Å²) in [6.07, 6.45) is 0.849. The van der Waals surface area contributed by atoms with E-state index in [2.05, 4.69) is 5.32 Å². The summed E-state index contributed by atoms with van der Waals surface area (Å²) in [7, 11) is 0. The van der Waals surface area contributed by atoms with E-state index in [1.165, 1.54) is 18.2 Å². The second kappa shape index (κ2) is 9.08. The molecule has 0 fully saturated rings. The number of hydrogen-bond acceptors (Lipinski definition) is 7. The Morgan fingerprint density at radius 1 is 1.23 bits per heavy atom. The van der Waals surface area contributed by atoms with Crippen LogP contribution in [0.5, 0.6) is 0 Å². The minimum atomic E-state index is -1.24. The van der Waals surface area contributed by atoms with Gasteiger partial charge in [0, 0.05) is 30.1 Å². The number of nitrogens with zero attached hydrogens (tertiary/aromatic N) is 1. The normalized spacial score (nSPS) is 16.9. The summed E-state index contributed by atoms with van der Waals surface area (Å²) < 4.78 is 5.65. The summed E-state index contributed by atoms with van der Waals surface area (Å²) in [4.78, 5) is 35.8. The van der Waals surface area contributed by atoms with Crippen molar-refractivity contribution in [2.75, 3.05) is 6.61 Å². The number of carbonyl (C=O) groups is 2. The minimum absolute atomic E-state index is 0.0499. The minimum Gasteiger partial charge on any atom is -0.478 e. The molecular weight excluding hydrogens is 392 g/mol. The molecule has 0 spiro atoms. The maximum Gasteiger partial charge on any atom is 0.337 e. The molecule has 2 rings (SSSR count). The molecule has 0 bridgehead atoms. The molecule has 9 nitrogen and oxygen atoms in total. The summed E-state index contributed by atoms with van der Waals surface area (Å²) in [5.41, 5.74) is -0.0368. The van der Waals surface area contributed by atoms with Gasteiger partial charge in [-0.25, -0.2) is 9.59 Å². The number of aliphatic hydroxyl groups excluding tert-OH is 1. The van der Waals surface area contributed by atoms with E-state index in [0.29, 0.717) is 29.8 Å². The van der Waals surface area contributed by atoms with Crippen LogP contribution >= 0.6 is 0 Å². The van der Waals surface area contributed by atoms with Gasteiger partial charge in [-0.05, 0) is 46.1 Å². The van der Waals surface area contributed by atoms with Crippen molar-refractivity contribution in [1.29, 1.82) is 0 Å². The average Bonchev–Trinajstić information content (AvgIpc) is 2.65. The monoisotopic (exact) mass is 418 g/mol. The zero-order valence-corrected chi connectivity index (χ0v) is 17.4. The van der Waals surface area contributed by atoms with E-state index in [0.717, 1.165) is 0 Å². The van der Waals surface area contributed by atoms with Gasteiger partial charge in [-0.1, -0.05) is 12.1 Å². The van der Waals surface area contributed by atoms with Crippen molar-refractivity contribution in [2.45, 2.75) is 52.1 Å². The number of nitrogens with one attached hydrogen (secondary N) is 1. The van der Waals surface area contributed by atoms with Crippen molar-refractivity contribution < 1.29 is 29.5 Å². The van der Waals surface area contributed by atoms with Crippen LogP contribution in [0.15, 0.2) is 46.8 Å². The van der Waals surface area contributed by atoms with Crippen LogP contribution in [0.1, 0.15) is 52.0 Å². The van der Waals surface area contributed by atoms with E-state index in [-0.39, 0.29) is 23.4 Å². The first-order valence-corrected chi connectivity index (χ1v) is 9.49. The first-order chi connectivity index (χ1) is 14.0. The SMILES string of the molecule is CC1=C(C(=O)O)C(c2cccc([N+](=O)[O-])c2)C(C(=O)OC(C)(C)CCCO)=C(C)N1. The lowest BCUT2D eigenvalue weighted by Crippen LogP contribution is -2.35. The van der Waals surface area contributed by atoms with Crippen LogP contribution in [-0.4, -0.2) is 39.3 Å². The number of aliphatic hydroxyl groups is 1. The maximum atomic E-state index is 13.1. The second-order valence-electron chi connectivity index (χ2n) is 7.77. The van der Waals surface area contributed by atoms with E-state index in [9.17, 15) is 24.8 Å². The molecule has 1 atom stereocenters. The highest BCUT2D eigenvalue weighted by atomic mass is 16.6. The van der Waals surface area contributed by atoms with Crippen molar-refractivity contribution in [1.82, 2.24) is 5.32 Å². The van der Waals surface area contributed by atoms with E-state index < -0.39 is 28.4 Å². The number of nitro benzene ring substituents is 1. The lowest BCUT2D eigenvalue weighted by molar-refractivity contribution is -0.384. The smallest absolute Gasteiger partial charge is 0.337 e. The summed E-state index contributed by atoms with van der Waals surface area (Å²) in [5, 5.41) is 33.0. The van der Waals surface area contributed by atoms with Crippen molar-refractivity contribution in [2.24, 2.45) is 0 Å². The quantitative estimate of drug-likeness (QED) is 0.333. The van der Waals surface area contributed by atoms with Crippen LogP contribution in [0.2, 0.25) is 0 Å². The molecule has 0 aromatic heterocycles. The number of carboxylic acids is 1. The fraction of sp³-hybridized carbons (Fsp3) is 0.429. The number of dihydropyridines is 1. The summed E-state index contributed by atoms with van der Waals surface area (Å²) in [6, 6.07) is 5.57. The number of allylic oxidation sites excluding steroid dienone is 2. The molecule has 1 aromatic carbocycles. The Kier molecular flexibility index (Phi) is 6.99. The van der Waals surface area contributed by atoms with Gasteiger partial charge < -0.3 is 20.3 Å². The first kappa shape index (κ1) is 23.1. The molecular formula is C21H26N2O7. The largest absolute Gasteiger partial charge is 0.478 e. The highest BCUT2D eigenvalue weighted by molar-refractivity contribution is 5.99. The van der Waals surface area contributed by atoms with Gasteiger partial charge in [0.25, 0.3) is 5.69 Å². The molecule has 1 aliphatic rings. The Morgan fingerprint density at radius 2 is 1.87 bits per heavy atom. The Morgan fingerprint density at radius 3 is 2.43 bits per heavy atom. The molecule has 0 saturated heterocycles. The maximum absolute atomic E-state index is 13.1. The third-order valence-electron chi connectivity index (χ3n) is 4.93. The number of carboxylic acid groups (broad SMARTS) is 1. The number of nitro groups is 1. The topological polar surface area (TPSA) is 139 Å². The predicted molar refractivity (Wildman–Crippen MR) is 108 cm³/mol. The first-order valence-electron chi connectivity index (χ1n) is 9.49. The third kappa shape index (κ3) is 5.04. The van der Waals surface area contributed by atoms with Gasteiger partial charge in [-0.3, -0.25) is 10.1 Å². The molecule has 1 aromatic rings. The molecule has 162 valence electrons. The van der Waals surface area contributed by atoms with Crippen LogP contribution in [0.3, 0.4) is 0 Å². The van der Waals surface area contributed by atoms with Gasteiger partial charge in [0.15, 0.2) is 0 Å². The zero-order valence-electron chi connectivity index (χ0n) is 17.4. The van der Waals surface area contributed by atoms with Gasteiger partial charge in [0.1, 0.15) is 5.60 Å². The molecule has 1 heterocycles. The number of non-ortho nitro benzene ring substituents is 1. The molecule has 9 heteroatoms.